The quantitative estimate of drug-likeness (QED) is 0.560. The summed E-state index contributed by atoms with van der Waals surface area (Å²) in [7, 11) is 0. The molecule has 0 aliphatic carbocycles. The highest BCUT2D eigenvalue weighted by molar-refractivity contribution is 5.51. The standard InChI is InChI=1S/C19H17NO3/c20-19(13-1-7-16(21)8-2-13,14-3-9-17(22)10-4-14)15-5-11-18(23)12-6-15/h1-12,21-23H,20H2. The van der Waals surface area contributed by atoms with Crippen molar-refractivity contribution in [1.82, 2.24) is 0 Å². The summed E-state index contributed by atoms with van der Waals surface area (Å²) in [4.78, 5) is 0. The van der Waals surface area contributed by atoms with Crippen LogP contribution in [0, 0.1) is 0 Å². The van der Waals surface area contributed by atoms with E-state index in [-0.39, 0.29) is 17.2 Å². The van der Waals surface area contributed by atoms with Gasteiger partial charge in [-0.25, -0.2) is 0 Å². The zero-order valence-corrected chi connectivity index (χ0v) is 12.3. The average molecular weight is 307 g/mol. The molecule has 0 saturated heterocycles. The predicted molar refractivity (Wildman–Crippen MR) is 88.4 cm³/mol. The van der Waals surface area contributed by atoms with Crippen molar-refractivity contribution >= 4 is 0 Å². The van der Waals surface area contributed by atoms with Crippen LogP contribution >= 0.6 is 0 Å². The third-order valence-corrected chi connectivity index (χ3v) is 3.97. The molecule has 0 saturated carbocycles. The van der Waals surface area contributed by atoms with Crippen molar-refractivity contribution < 1.29 is 15.3 Å². The minimum Gasteiger partial charge on any atom is -0.508 e. The number of rotatable bonds is 3. The lowest BCUT2D eigenvalue weighted by Crippen LogP contribution is -2.39. The second-order valence-electron chi connectivity index (χ2n) is 5.45. The Hall–Kier alpha value is -2.98. The molecule has 0 amide bonds. The third kappa shape index (κ3) is 2.72. The fourth-order valence-corrected chi connectivity index (χ4v) is 2.67. The Kier molecular flexibility index (Phi) is 3.68. The molecule has 0 unspecified atom stereocenters. The first-order valence-electron chi connectivity index (χ1n) is 7.17. The SMILES string of the molecule is NC(c1ccc(O)cc1)(c1ccc(O)cc1)c1ccc(O)cc1. The summed E-state index contributed by atoms with van der Waals surface area (Å²) in [6.45, 7) is 0. The Labute approximate surface area is 134 Å². The second-order valence-corrected chi connectivity index (χ2v) is 5.45. The number of aromatic hydroxyl groups is 3. The number of nitrogens with two attached hydrogens (primary N) is 1. The van der Waals surface area contributed by atoms with Gasteiger partial charge in [0, 0.05) is 0 Å². The molecule has 3 aromatic rings. The highest BCUT2D eigenvalue weighted by Gasteiger charge is 2.32. The molecule has 0 heterocycles. The van der Waals surface area contributed by atoms with Gasteiger partial charge in [-0.05, 0) is 53.1 Å². The molecule has 4 nitrogen and oxygen atoms in total. The summed E-state index contributed by atoms with van der Waals surface area (Å²) >= 11 is 0. The van der Waals surface area contributed by atoms with E-state index >= 15 is 0 Å². The van der Waals surface area contributed by atoms with Gasteiger partial charge in [0.2, 0.25) is 0 Å². The molecule has 4 heteroatoms. The molecular formula is C19H17NO3. The van der Waals surface area contributed by atoms with E-state index < -0.39 is 5.54 Å². The molecule has 0 aromatic heterocycles. The molecule has 0 spiro atoms. The number of phenolic OH excluding ortho intramolecular Hbond substituents is 3. The van der Waals surface area contributed by atoms with Crippen LogP contribution in [-0.2, 0) is 5.54 Å². The molecule has 3 rings (SSSR count). The van der Waals surface area contributed by atoms with Crippen LogP contribution in [0.25, 0.3) is 0 Å². The maximum atomic E-state index is 9.53. The number of phenols is 3. The molecule has 0 aliphatic heterocycles. The largest absolute Gasteiger partial charge is 0.508 e. The van der Waals surface area contributed by atoms with Crippen LogP contribution in [-0.4, -0.2) is 15.3 Å². The van der Waals surface area contributed by atoms with Crippen molar-refractivity contribution in [2.45, 2.75) is 5.54 Å². The predicted octanol–water partition coefficient (Wildman–Crippen LogP) is 3.05. The van der Waals surface area contributed by atoms with E-state index in [0.717, 1.165) is 16.7 Å². The fraction of sp³-hybridized carbons (Fsp3) is 0.0526. The summed E-state index contributed by atoms with van der Waals surface area (Å²) in [6, 6.07) is 20.0. The molecule has 23 heavy (non-hydrogen) atoms. The molecule has 0 bridgehead atoms. The Bertz CT molecular complexity index is 683. The summed E-state index contributed by atoms with van der Waals surface area (Å²) < 4.78 is 0. The van der Waals surface area contributed by atoms with Crippen LogP contribution < -0.4 is 5.73 Å². The molecular weight excluding hydrogens is 290 g/mol. The Morgan fingerprint density at radius 1 is 0.478 bits per heavy atom. The molecule has 5 N–H and O–H groups in total. The van der Waals surface area contributed by atoms with Crippen LogP contribution in [0.2, 0.25) is 0 Å². The van der Waals surface area contributed by atoms with Crippen LogP contribution in [0.15, 0.2) is 72.8 Å². The smallest absolute Gasteiger partial charge is 0.115 e. The van der Waals surface area contributed by atoms with Gasteiger partial charge < -0.3 is 21.1 Å². The maximum Gasteiger partial charge on any atom is 0.115 e. The highest BCUT2D eigenvalue weighted by Crippen LogP contribution is 2.36. The molecule has 0 fully saturated rings. The monoisotopic (exact) mass is 307 g/mol. The normalized spacial score (nSPS) is 11.3. The van der Waals surface area contributed by atoms with Crippen LogP contribution in [0.3, 0.4) is 0 Å². The van der Waals surface area contributed by atoms with E-state index in [1.165, 1.54) is 0 Å². The lowest BCUT2D eigenvalue weighted by Gasteiger charge is -2.31. The molecule has 116 valence electrons. The lowest BCUT2D eigenvalue weighted by molar-refractivity contribution is 0.474. The van der Waals surface area contributed by atoms with Gasteiger partial charge in [-0.15, -0.1) is 0 Å². The first-order chi connectivity index (χ1) is 11.0. The topological polar surface area (TPSA) is 86.7 Å². The van der Waals surface area contributed by atoms with Gasteiger partial charge in [0.05, 0.1) is 5.54 Å². The van der Waals surface area contributed by atoms with E-state index in [1.807, 2.05) is 0 Å². The minimum atomic E-state index is -0.977. The van der Waals surface area contributed by atoms with Crippen molar-refractivity contribution in [3.63, 3.8) is 0 Å². The summed E-state index contributed by atoms with van der Waals surface area (Å²) in [5, 5.41) is 28.6. The van der Waals surface area contributed by atoms with Gasteiger partial charge in [0.15, 0.2) is 0 Å². The van der Waals surface area contributed by atoms with Gasteiger partial charge >= 0.3 is 0 Å². The molecule has 0 atom stereocenters. The summed E-state index contributed by atoms with van der Waals surface area (Å²) in [6.07, 6.45) is 0. The van der Waals surface area contributed by atoms with Gasteiger partial charge in [-0.3, -0.25) is 0 Å². The van der Waals surface area contributed by atoms with Gasteiger partial charge in [-0.2, -0.15) is 0 Å². The number of benzene rings is 3. The van der Waals surface area contributed by atoms with Gasteiger partial charge in [0.1, 0.15) is 17.2 Å². The number of hydrogen-bond donors (Lipinski definition) is 4. The second kappa shape index (κ2) is 5.66. The lowest BCUT2D eigenvalue weighted by atomic mass is 9.78. The number of hydrogen-bond acceptors (Lipinski definition) is 4. The van der Waals surface area contributed by atoms with Crippen LogP contribution in [0.4, 0.5) is 0 Å². The van der Waals surface area contributed by atoms with E-state index in [0.29, 0.717) is 0 Å². The average Bonchev–Trinajstić information content (AvgIpc) is 2.56. The zero-order chi connectivity index (χ0) is 16.4. The molecule has 0 radical (unpaired) electrons. The van der Waals surface area contributed by atoms with E-state index in [1.54, 1.807) is 72.8 Å². The zero-order valence-electron chi connectivity index (χ0n) is 12.3. The first-order valence-corrected chi connectivity index (χ1v) is 7.17. The van der Waals surface area contributed by atoms with Crippen molar-refractivity contribution in [2.75, 3.05) is 0 Å². The molecule has 3 aromatic carbocycles. The van der Waals surface area contributed by atoms with E-state index in [9.17, 15) is 15.3 Å². The summed E-state index contributed by atoms with van der Waals surface area (Å²) in [5.41, 5.74) is 8.14. The van der Waals surface area contributed by atoms with Crippen LogP contribution in [0.1, 0.15) is 16.7 Å². The Morgan fingerprint density at radius 3 is 0.913 bits per heavy atom. The van der Waals surface area contributed by atoms with Gasteiger partial charge in [0.25, 0.3) is 0 Å². The third-order valence-electron chi connectivity index (χ3n) is 3.97. The van der Waals surface area contributed by atoms with Crippen molar-refractivity contribution in [2.24, 2.45) is 5.73 Å². The minimum absolute atomic E-state index is 0.160. The van der Waals surface area contributed by atoms with E-state index in [2.05, 4.69) is 0 Å². The van der Waals surface area contributed by atoms with Crippen molar-refractivity contribution in [1.29, 1.82) is 0 Å². The highest BCUT2D eigenvalue weighted by atomic mass is 16.3. The Balaban J connectivity index is 2.21. The first kappa shape index (κ1) is 14.9. The Morgan fingerprint density at radius 2 is 0.696 bits per heavy atom. The van der Waals surface area contributed by atoms with Crippen molar-refractivity contribution in [3.05, 3.63) is 89.5 Å². The van der Waals surface area contributed by atoms with Crippen LogP contribution in [0.5, 0.6) is 17.2 Å². The maximum absolute atomic E-state index is 9.53. The van der Waals surface area contributed by atoms with Gasteiger partial charge in [-0.1, -0.05) is 36.4 Å². The fourth-order valence-electron chi connectivity index (χ4n) is 2.67. The van der Waals surface area contributed by atoms with E-state index in [4.69, 9.17) is 5.73 Å². The molecule has 0 aliphatic rings. The van der Waals surface area contributed by atoms with Crippen molar-refractivity contribution in [3.8, 4) is 17.2 Å². The summed E-state index contributed by atoms with van der Waals surface area (Å²) in [5.74, 6) is 0.479.